The summed E-state index contributed by atoms with van der Waals surface area (Å²) in [6.45, 7) is 9.17. The Kier molecular flexibility index (Phi) is 3.77. The van der Waals surface area contributed by atoms with E-state index < -0.39 is 5.97 Å². The van der Waals surface area contributed by atoms with Gasteiger partial charge in [0.25, 0.3) is 0 Å². The maximum Gasteiger partial charge on any atom is 0.307 e. The normalized spacial score (nSPS) is 22.5. The van der Waals surface area contributed by atoms with Gasteiger partial charge in [-0.2, -0.15) is 0 Å². The summed E-state index contributed by atoms with van der Waals surface area (Å²) < 4.78 is 0. The van der Waals surface area contributed by atoms with Gasteiger partial charge in [-0.15, -0.1) is 0 Å². The van der Waals surface area contributed by atoms with E-state index in [2.05, 4.69) is 19.2 Å². The molecule has 1 aliphatic rings. The fraction of sp³-hybridized carbons (Fsp3) is 0.917. The molecule has 0 aromatic carbocycles. The molecule has 1 aliphatic carbocycles. The van der Waals surface area contributed by atoms with Gasteiger partial charge >= 0.3 is 5.97 Å². The summed E-state index contributed by atoms with van der Waals surface area (Å²) in [7, 11) is 0. The van der Waals surface area contributed by atoms with Crippen LogP contribution in [0.3, 0.4) is 0 Å². The monoisotopic (exact) mass is 213 g/mol. The van der Waals surface area contributed by atoms with Crippen molar-refractivity contribution >= 4 is 5.97 Å². The van der Waals surface area contributed by atoms with Crippen molar-refractivity contribution in [3.05, 3.63) is 0 Å². The first-order valence-corrected chi connectivity index (χ1v) is 5.85. The molecule has 0 amide bonds. The van der Waals surface area contributed by atoms with E-state index in [4.69, 9.17) is 5.11 Å². The predicted octanol–water partition coefficient (Wildman–Crippen LogP) is 2.12. The van der Waals surface area contributed by atoms with Crippen molar-refractivity contribution < 1.29 is 9.90 Å². The predicted molar refractivity (Wildman–Crippen MR) is 60.8 cm³/mol. The van der Waals surface area contributed by atoms with Gasteiger partial charge in [0.05, 0.1) is 5.92 Å². The number of hydrogen-bond donors (Lipinski definition) is 2. The van der Waals surface area contributed by atoms with Crippen molar-refractivity contribution in [2.24, 2.45) is 17.3 Å². The maximum absolute atomic E-state index is 10.8. The molecule has 0 aromatic heterocycles. The minimum Gasteiger partial charge on any atom is -0.481 e. The minimum absolute atomic E-state index is 0.0544. The second-order valence-corrected chi connectivity index (χ2v) is 5.31. The van der Waals surface area contributed by atoms with Gasteiger partial charge in [0.15, 0.2) is 0 Å². The van der Waals surface area contributed by atoms with E-state index in [-0.39, 0.29) is 12.0 Å². The first-order valence-electron chi connectivity index (χ1n) is 5.85. The second-order valence-electron chi connectivity index (χ2n) is 5.31. The van der Waals surface area contributed by atoms with Gasteiger partial charge < -0.3 is 10.4 Å². The molecule has 15 heavy (non-hydrogen) atoms. The summed E-state index contributed by atoms with van der Waals surface area (Å²) in [6, 6.07) is 0.0544. The fourth-order valence-corrected chi connectivity index (χ4v) is 1.87. The molecule has 2 unspecified atom stereocenters. The molecule has 3 nitrogen and oxygen atoms in total. The Balaban J connectivity index is 2.34. The van der Waals surface area contributed by atoms with Gasteiger partial charge in [0.2, 0.25) is 0 Å². The molecule has 1 saturated carbocycles. The molecule has 1 fully saturated rings. The first kappa shape index (κ1) is 12.5. The van der Waals surface area contributed by atoms with E-state index in [1.54, 1.807) is 6.92 Å². The van der Waals surface area contributed by atoms with Crippen molar-refractivity contribution in [3.8, 4) is 0 Å². The zero-order chi connectivity index (χ0) is 11.6. The van der Waals surface area contributed by atoms with Crippen LogP contribution in [0, 0.1) is 17.3 Å². The maximum atomic E-state index is 10.8. The van der Waals surface area contributed by atoms with E-state index in [0.29, 0.717) is 11.3 Å². The third-order valence-corrected chi connectivity index (χ3v) is 4.03. The van der Waals surface area contributed by atoms with Crippen molar-refractivity contribution in [3.63, 3.8) is 0 Å². The van der Waals surface area contributed by atoms with Gasteiger partial charge in [-0.3, -0.25) is 4.79 Å². The second kappa shape index (κ2) is 4.52. The lowest BCUT2D eigenvalue weighted by molar-refractivity contribution is -0.141. The lowest BCUT2D eigenvalue weighted by Crippen LogP contribution is -2.40. The molecular weight excluding hydrogens is 190 g/mol. The fourth-order valence-electron chi connectivity index (χ4n) is 1.87. The van der Waals surface area contributed by atoms with Crippen LogP contribution in [-0.4, -0.2) is 23.7 Å². The average Bonchev–Trinajstić information content (AvgIpc) is 2.93. The lowest BCUT2D eigenvalue weighted by atomic mass is 9.91. The number of hydrogen-bond acceptors (Lipinski definition) is 2. The number of carboxylic acids is 1. The zero-order valence-electron chi connectivity index (χ0n) is 10.2. The van der Waals surface area contributed by atoms with Crippen molar-refractivity contribution in [2.75, 3.05) is 6.54 Å². The topological polar surface area (TPSA) is 49.3 Å². The van der Waals surface area contributed by atoms with E-state index in [0.717, 1.165) is 6.54 Å². The molecule has 1 rings (SSSR count). The van der Waals surface area contributed by atoms with E-state index in [1.165, 1.54) is 12.8 Å². The van der Waals surface area contributed by atoms with Gasteiger partial charge in [-0.1, -0.05) is 20.8 Å². The highest BCUT2D eigenvalue weighted by atomic mass is 16.4. The number of carboxylic acid groups (broad SMARTS) is 1. The summed E-state index contributed by atoms with van der Waals surface area (Å²) in [5, 5.41) is 12.2. The van der Waals surface area contributed by atoms with E-state index in [1.807, 2.05) is 6.92 Å². The highest BCUT2D eigenvalue weighted by Crippen LogP contribution is 2.51. The van der Waals surface area contributed by atoms with Crippen LogP contribution in [0.25, 0.3) is 0 Å². The SMILES string of the molecule is CC(NCC1(C(C)C)CC1)C(C)C(=O)O. The molecule has 0 heterocycles. The highest BCUT2D eigenvalue weighted by molar-refractivity contribution is 5.70. The van der Waals surface area contributed by atoms with E-state index in [9.17, 15) is 4.79 Å². The summed E-state index contributed by atoms with van der Waals surface area (Å²) >= 11 is 0. The van der Waals surface area contributed by atoms with Gasteiger partial charge in [-0.25, -0.2) is 0 Å². The van der Waals surface area contributed by atoms with Gasteiger partial charge in [0.1, 0.15) is 0 Å². The first-order chi connectivity index (χ1) is 6.89. The largest absolute Gasteiger partial charge is 0.481 e. The van der Waals surface area contributed by atoms with Crippen LogP contribution in [0.1, 0.15) is 40.5 Å². The molecular formula is C12H23NO2. The quantitative estimate of drug-likeness (QED) is 0.710. The Labute approximate surface area is 92.3 Å². The molecule has 0 aromatic rings. The van der Waals surface area contributed by atoms with E-state index >= 15 is 0 Å². The molecule has 0 spiro atoms. The van der Waals surface area contributed by atoms with Crippen molar-refractivity contribution in [1.29, 1.82) is 0 Å². The lowest BCUT2D eigenvalue weighted by Gasteiger charge is -2.24. The van der Waals surface area contributed by atoms with Crippen LogP contribution >= 0.6 is 0 Å². The standard InChI is InChI=1S/C12H23NO2/c1-8(2)12(5-6-12)7-13-10(4)9(3)11(14)15/h8-10,13H,5-7H2,1-4H3,(H,14,15). The van der Waals surface area contributed by atoms with Crippen LogP contribution in [0.4, 0.5) is 0 Å². The van der Waals surface area contributed by atoms with Gasteiger partial charge in [-0.05, 0) is 31.1 Å². The average molecular weight is 213 g/mol. The number of carbonyl (C=O) groups is 1. The number of nitrogens with one attached hydrogen (secondary N) is 1. The molecule has 3 heteroatoms. The van der Waals surface area contributed by atoms with Crippen LogP contribution in [0.15, 0.2) is 0 Å². The molecule has 0 radical (unpaired) electrons. The molecule has 88 valence electrons. The Morgan fingerprint density at radius 3 is 2.20 bits per heavy atom. The van der Waals surface area contributed by atoms with Crippen LogP contribution < -0.4 is 5.32 Å². The summed E-state index contributed by atoms with van der Waals surface area (Å²) in [5.41, 5.74) is 0.451. The van der Waals surface area contributed by atoms with Crippen molar-refractivity contribution in [1.82, 2.24) is 5.32 Å². The molecule has 0 aliphatic heterocycles. The zero-order valence-corrected chi connectivity index (χ0v) is 10.2. The minimum atomic E-state index is -0.718. The Morgan fingerprint density at radius 2 is 1.87 bits per heavy atom. The number of aliphatic carboxylic acids is 1. The van der Waals surface area contributed by atoms with Crippen LogP contribution in [-0.2, 0) is 4.79 Å². The number of rotatable bonds is 6. The Morgan fingerprint density at radius 1 is 1.33 bits per heavy atom. The molecule has 2 N–H and O–H groups in total. The Hall–Kier alpha value is -0.570. The highest BCUT2D eigenvalue weighted by Gasteiger charge is 2.45. The third kappa shape index (κ3) is 2.94. The smallest absolute Gasteiger partial charge is 0.307 e. The molecule has 0 saturated heterocycles. The molecule has 0 bridgehead atoms. The summed E-state index contributed by atoms with van der Waals surface area (Å²) in [5.74, 6) is -0.338. The Bertz CT molecular complexity index is 234. The van der Waals surface area contributed by atoms with Crippen LogP contribution in [0.5, 0.6) is 0 Å². The summed E-state index contributed by atoms with van der Waals surface area (Å²) in [6.07, 6.45) is 2.57. The third-order valence-electron chi connectivity index (χ3n) is 4.03. The summed E-state index contributed by atoms with van der Waals surface area (Å²) in [4.78, 5) is 10.8. The van der Waals surface area contributed by atoms with Gasteiger partial charge in [0, 0.05) is 12.6 Å². The molecule has 2 atom stereocenters. The van der Waals surface area contributed by atoms with Crippen molar-refractivity contribution in [2.45, 2.75) is 46.6 Å². The van der Waals surface area contributed by atoms with Crippen LogP contribution in [0.2, 0.25) is 0 Å².